The van der Waals surface area contributed by atoms with Gasteiger partial charge in [-0.1, -0.05) is 6.07 Å². The van der Waals surface area contributed by atoms with Gasteiger partial charge in [0, 0.05) is 19.4 Å². The zero-order valence-corrected chi connectivity index (χ0v) is 14.3. The van der Waals surface area contributed by atoms with E-state index in [9.17, 15) is 14.7 Å². The average Bonchev–Trinajstić information content (AvgIpc) is 2.60. The Morgan fingerprint density at radius 1 is 1.38 bits per heavy atom. The number of halogens is 1. The number of alkyl halides is 1. The Hall–Kier alpha value is -2.01. The van der Waals surface area contributed by atoms with Crippen LogP contribution in [0.3, 0.4) is 0 Å². The van der Waals surface area contributed by atoms with E-state index in [2.05, 4.69) is 0 Å². The van der Waals surface area contributed by atoms with Crippen LogP contribution < -0.4 is 4.74 Å². The van der Waals surface area contributed by atoms with Crippen molar-refractivity contribution in [1.82, 2.24) is 4.90 Å². The van der Waals surface area contributed by atoms with Crippen LogP contribution >= 0.6 is 11.6 Å². The Balaban J connectivity index is 2.14. The minimum absolute atomic E-state index is 0.0901. The van der Waals surface area contributed by atoms with Crippen molar-refractivity contribution in [1.29, 1.82) is 0 Å². The van der Waals surface area contributed by atoms with Crippen LogP contribution in [0.4, 0.5) is 0 Å². The molecule has 1 N–H and O–H groups in total. The normalized spacial score (nSPS) is 20.8. The second-order valence-electron chi connectivity index (χ2n) is 6.08. The number of allylic oxidation sites excluding steroid dienone is 1. The number of carbonyl (C=O) groups is 2. The van der Waals surface area contributed by atoms with Crippen LogP contribution in [0.2, 0.25) is 0 Å². The Labute approximate surface area is 145 Å². The number of aliphatic hydroxyl groups is 1. The summed E-state index contributed by atoms with van der Waals surface area (Å²) < 4.78 is 5.27. The lowest BCUT2D eigenvalue weighted by atomic mass is 9.82. The lowest BCUT2D eigenvalue weighted by Crippen LogP contribution is -2.43. The van der Waals surface area contributed by atoms with Gasteiger partial charge in [0.05, 0.1) is 18.7 Å². The zero-order valence-electron chi connectivity index (χ0n) is 13.5. The maximum Gasteiger partial charge on any atom is 0.238 e. The van der Waals surface area contributed by atoms with E-state index < -0.39 is 6.04 Å². The maximum absolute atomic E-state index is 12.5. The highest BCUT2D eigenvalue weighted by Crippen LogP contribution is 2.40. The molecular weight excluding hydrogens is 330 g/mol. The molecule has 0 bridgehead atoms. The number of hydrogen-bond donors (Lipinski definition) is 1. The quantitative estimate of drug-likeness (QED) is 0.852. The van der Waals surface area contributed by atoms with Crippen LogP contribution in [0.5, 0.6) is 5.75 Å². The number of amides is 1. The fraction of sp³-hybridized carbons (Fsp3) is 0.444. The van der Waals surface area contributed by atoms with Crippen molar-refractivity contribution in [2.24, 2.45) is 0 Å². The lowest BCUT2D eigenvalue weighted by molar-refractivity contribution is -0.131. The van der Waals surface area contributed by atoms with Crippen molar-refractivity contribution >= 4 is 23.3 Å². The first-order chi connectivity index (χ1) is 11.6. The van der Waals surface area contributed by atoms with Gasteiger partial charge in [0.15, 0.2) is 5.78 Å². The molecule has 1 aliphatic heterocycles. The van der Waals surface area contributed by atoms with E-state index in [1.807, 2.05) is 18.2 Å². The number of hydrogen-bond acceptors (Lipinski definition) is 4. The molecule has 1 aromatic carbocycles. The Bertz CT molecular complexity index is 713. The van der Waals surface area contributed by atoms with E-state index in [-0.39, 0.29) is 23.3 Å². The molecule has 6 heteroatoms. The Morgan fingerprint density at radius 3 is 2.83 bits per heavy atom. The molecule has 3 rings (SSSR count). The number of Topliss-reactive ketones (excluding diaryl/α,β-unsaturated/α-hetero) is 1. The van der Waals surface area contributed by atoms with E-state index in [1.165, 1.54) is 0 Å². The molecular formula is C18H20ClNO4. The van der Waals surface area contributed by atoms with E-state index in [0.29, 0.717) is 37.8 Å². The van der Waals surface area contributed by atoms with Gasteiger partial charge >= 0.3 is 0 Å². The van der Waals surface area contributed by atoms with Gasteiger partial charge in [0.2, 0.25) is 5.91 Å². The van der Waals surface area contributed by atoms with Crippen molar-refractivity contribution < 1.29 is 19.4 Å². The Morgan fingerprint density at radius 2 is 2.17 bits per heavy atom. The largest absolute Gasteiger partial charge is 0.512 e. The average molecular weight is 350 g/mol. The minimum Gasteiger partial charge on any atom is -0.512 e. The summed E-state index contributed by atoms with van der Waals surface area (Å²) >= 11 is 5.76. The molecule has 1 heterocycles. The SMILES string of the molecule is COc1ccc2c(c1)CCN(C(=O)CCl)[C@H]2C1=C(O)CCCC1=O. The number of methoxy groups -OCH3 is 1. The van der Waals surface area contributed by atoms with Crippen molar-refractivity contribution in [2.45, 2.75) is 31.7 Å². The van der Waals surface area contributed by atoms with Crippen molar-refractivity contribution in [3.8, 4) is 5.75 Å². The minimum atomic E-state index is -0.571. The zero-order chi connectivity index (χ0) is 17.3. The van der Waals surface area contributed by atoms with Gasteiger partial charge in [0.25, 0.3) is 0 Å². The van der Waals surface area contributed by atoms with Gasteiger partial charge in [-0.05, 0) is 36.1 Å². The molecule has 0 aromatic heterocycles. The number of fused-ring (bicyclic) bond motifs is 1. The third kappa shape index (κ3) is 2.88. The molecule has 1 atom stereocenters. The summed E-state index contributed by atoms with van der Waals surface area (Å²) in [6.07, 6.45) is 2.16. The van der Waals surface area contributed by atoms with E-state index in [0.717, 1.165) is 16.9 Å². The standard InChI is InChI=1S/C18H20ClNO4/c1-24-12-5-6-13-11(9-12)7-8-20(16(23)10-19)18(13)17-14(21)3-2-4-15(17)22/h5-6,9,18,21H,2-4,7-8,10H2,1H3/t18-/m1/s1. The number of ketones is 1. The highest BCUT2D eigenvalue weighted by Gasteiger charge is 2.38. The van der Waals surface area contributed by atoms with E-state index >= 15 is 0 Å². The lowest BCUT2D eigenvalue weighted by Gasteiger charge is -2.39. The molecule has 0 spiro atoms. The molecule has 0 fully saturated rings. The summed E-state index contributed by atoms with van der Waals surface area (Å²) in [7, 11) is 1.60. The molecule has 5 nitrogen and oxygen atoms in total. The van der Waals surface area contributed by atoms with Gasteiger partial charge in [0.1, 0.15) is 17.4 Å². The monoisotopic (exact) mass is 349 g/mol. The molecule has 128 valence electrons. The molecule has 24 heavy (non-hydrogen) atoms. The van der Waals surface area contributed by atoms with Gasteiger partial charge in [-0.25, -0.2) is 0 Å². The first-order valence-corrected chi connectivity index (χ1v) is 8.57. The number of nitrogens with zero attached hydrogens (tertiary/aromatic N) is 1. The molecule has 1 amide bonds. The van der Waals surface area contributed by atoms with Gasteiger partial charge < -0.3 is 14.7 Å². The van der Waals surface area contributed by atoms with E-state index in [4.69, 9.17) is 16.3 Å². The van der Waals surface area contributed by atoms with Crippen LogP contribution in [0.15, 0.2) is 29.5 Å². The third-order valence-corrected chi connectivity index (χ3v) is 4.94. The van der Waals surface area contributed by atoms with Crippen LogP contribution in [-0.4, -0.2) is 41.2 Å². The van der Waals surface area contributed by atoms with Gasteiger partial charge in [-0.2, -0.15) is 0 Å². The molecule has 0 saturated heterocycles. The number of benzene rings is 1. The fourth-order valence-electron chi connectivity index (χ4n) is 3.54. The maximum atomic E-state index is 12.5. The number of aliphatic hydroxyl groups excluding tert-OH is 1. The summed E-state index contributed by atoms with van der Waals surface area (Å²) in [5.41, 5.74) is 2.22. The summed E-state index contributed by atoms with van der Waals surface area (Å²) in [5, 5.41) is 10.4. The third-order valence-electron chi connectivity index (χ3n) is 4.72. The highest BCUT2D eigenvalue weighted by molar-refractivity contribution is 6.27. The fourth-order valence-corrected chi connectivity index (χ4v) is 3.70. The highest BCUT2D eigenvalue weighted by atomic mass is 35.5. The predicted octanol–water partition coefficient (Wildman–Crippen LogP) is 2.92. The first-order valence-electron chi connectivity index (χ1n) is 8.04. The predicted molar refractivity (Wildman–Crippen MR) is 90.4 cm³/mol. The molecule has 1 aliphatic carbocycles. The first kappa shape index (κ1) is 16.8. The second-order valence-corrected chi connectivity index (χ2v) is 6.34. The molecule has 1 aromatic rings. The molecule has 0 radical (unpaired) electrons. The van der Waals surface area contributed by atoms with Crippen LogP contribution in [-0.2, 0) is 16.0 Å². The Kier molecular flexibility index (Phi) is 4.81. The van der Waals surface area contributed by atoms with Gasteiger partial charge in [-0.3, -0.25) is 9.59 Å². The summed E-state index contributed by atoms with van der Waals surface area (Å²) in [5.74, 6) is 0.344. The van der Waals surface area contributed by atoms with E-state index in [1.54, 1.807) is 12.0 Å². The molecule has 0 saturated carbocycles. The number of carbonyl (C=O) groups excluding carboxylic acids is 2. The van der Waals surface area contributed by atoms with Gasteiger partial charge in [-0.15, -0.1) is 11.6 Å². The summed E-state index contributed by atoms with van der Waals surface area (Å²) in [6, 6.07) is 5.04. The number of ether oxygens (including phenoxy) is 1. The topological polar surface area (TPSA) is 66.8 Å². The molecule has 0 unspecified atom stereocenters. The van der Waals surface area contributed by atoms with Crippen molar-refractivity contribution in [3.63, 3.8) is 0 Å². The summed E-state index contributed by atoms with van der Waals surface area (Å²) in [4.78, 5) is 26.4. The van der Waals surface area contributed by atoms with Crippen LogP contribution in [0.25, 0.3) is 0 Å². The molecule has 2 aliphatic rings. The second kappa shape index (κ2) is 6.85. The van der Waals surface area contributed by atoms with Crippen LogP contribution in [0.1, 0.15) is 36.4 Å². The number of rotatable bonds is 3. The van der Waals surface area contributed by atoms with Crippen LogP contribution in [0, 0.1) is 0 Å². The summed E-state index contributed by atoms with van der Waals surface area (Å²) in [6.45, 7) is 0.459. The van der Waals surface area contributed by atoms with Crippen molar-refractivity contribution in [3.05, 3.63) is 40.7 Å². The van der Waals surface area contributed by atoms with Crippen molar-refractivity contribution in [2.75, 3.05) is 19.5 Å². The smallest absolute Gasteiger partial charge is 0.238 e.